The monoisotopic (exact) mass is 357 g/mol. The number of para-hydroxylation sites is 2. The normalized spacial score (nSPS) is 15.8. The fourth-order valence-corrected chi connectivity index (χ4v) is 3.14. The van der Waals surface area contributed by atoms with Gasteiger partial charge in [0.15, 0.2) is 11.5 Å². The maximum Gasteiger partial charge on any atom is 0.267 e. The Morgan fingerprint density at radius 2 is 2.12 bits per heavy atom. The Balaban J connectivity index is 1.41. The van der Waals surface area contributed by atoms with E-state index in [0.717, 1.165) is 4.88 Å². The van der Waals surface area contributed by atoms with E-state index in [1.165, 1.54) is 16.2 Å². The van der Waals surface area contributed by atoms with Crippen LogP contribution in [0.15, 0.2) is 46.3 Å². The molecule has 1 aromatic carbocycles. The van der Waals surface area contributed by atoms with E-state index in [4.69, 9.17) is 14.0 Å². The summed E-state index contributed by atoms with van der Waals surface area (Å²) >= 11 is 1.53. The summed E-state index contributed by atoms with van der Waals surface area (Å²) in [4.78, 5) is 19.3. The number of nitrogens with zero attached hydrogens (tertiary/aromatic N) is 3. The molecule has 1 aliphatic heterocycles. The summed E-state index contributed by atoms with van der Waals surface area (Å²) in [5.74, 6) is 1.91. The number of ether oxygens (including phenoxy) is 2. The second-order valence-electron chi connectivity index (χ2n) is 5.55. The van der Waals surface area contributed by atoms with Crippen LogP contribution in [0.3, 0.4) is 0 Å². The maximum atomic E-state index is 12.6. The smallest absolute Gasteiger partial charge is 0.267 e. The van der Waals surface area contributed by atoms with Crippen molar-refractivity contribution >= 4 is 17.2 Å². The Labute approximate surface area is 147 Å². The molecule has 25 heavy (non-hydrogen) atoms. The highest BCUT2D eigenvalue weighted by Crippen LogP contribution is 2.31. The number of fused-ring (bicyclic) bond motifs is 1. The van der Waals surface area contributed by atoms with E-state index in [0.29, 0.717) is 23.2 Å². The van der Waals surface area contributed by atoms with Crippen LogP contribution in [0, 0.1) is 0 Å². The Bertz CT molecular complexity index is 878. The SMILES string of the molecule is CN(Cc1nc(-c2cccs2)no1)C(=O)C1COc2ccccc2O1. The van der Waals surface area contributed by atoms with Crippen LogP contribution < -0.4 is 9.47 Å². The fourth-order valence-electron chi connectivity index (χ4n) is 2.49. The number of carbonyl (C=O) groups excluding carboxylic acids is 1. The molecule has 0 saturated heterocycles. The van der Waals surface area contributed by atoms with Crippen molar-refractivity contribution in [2.24, 2.45) is 0 Å². The summed E-state index contributed by atoms with van der Waals surface area (Å²) in [6, 6.07) is 11.1. The van der Waals surface area contributed by atoms with Crippen LogP contribution in [0.2, 0.25) is 0 Å². The van der Waals surface area contributed by atoms with Crippen molar-refractivity contribution in [3.63, 3.8) is 0 Å². The van der Waals surface area contributed by atoms with Crippen molar-refractivity contribution in [2.45, 2.75) is 12.6 Å². The van der Waals surface area contributed by atoms with E-state index >= 15 is 0 Å². The lowest BCUT2D eigenvalue weighted by Crippen LogP contribution is -2.44. The number of hydrogen-bond acceptors (Lipinski definition) is 7. The summed E-state index contributed by atoms with van der Waals surface area (Å²) in [6.07, 6.45) is -0.695. The third-order valence-corrected chi connectivity index (χ3v) is 4.61. The average Bonchev–Trinajstić information content (AvgIpc) is 3.32. The summed E-state index contributed by atoms with van der Waals surface area (Å²) < 4.78 is 16.6. The van der Waals surface area contributed by atoms with E-state index < -0.39 is 6.10 Å². The van der Waals surface area contributed by atoms with Crippen molar-refractivity contribution in [3.05, 3.63) is 47.7 Å². The lowest BCUT2D eigenvalue weighted by atomic mass is 10.2. The molecule has 0 aliphatic carbocycles. The summed E-state index contributed by atoms with van der Waals surface area (Å²) in [5.41, 5.74) is 0. The van der Waals surface area contributed by atoms with E-state index in [1.54, 1.807) is 13.1 Å². The van der Waals surface area contributed by atoms with Gasteiger partial charge in [-0.15, -0.1) is 11.3 Å². The lowest BCUT2D eigenvalue weighted by molar-refractivity contribution is -0.140. The maximum absolute atomic E-state index is 12.6. The molecule has 0 bridgehead atoms. The minimum Gasteiger partial charge on any atom is -0.485 e. The molecule has 1 aliphatic rings. The van der Waals surface area contributed by atoms with Gasteiger partial charge in [-0.3, -0.25) is 4.79 Å². The molecule has 128 valence electrons. The molecule has 1 unspecified atom stereocenters. The van der Waals surface area contributed by atoms with Crippen LogP contribution in [-0.2, 0) is 11.3 Å². The van der Waals surface area contributed by atoms with Gasteiger partial charge < -0.3 is 18.9 Å². The zero-order chi connectivity index (χ0) is 17.2. The largest absolute Gasteiger partial charge is 0.485 e. The summed E-state index contributed by atoms with van der Waals surface area (Å²) in [5, 5.41) is 5.89. The molecule has 1 amide bonds. The van der Waals surface area contributed by atoms with Gasteiger partial charge in [0.05, 0.1) is 11.4 Å². The van der Waals surface area contributed by atoms with Gasteiger partial charge in [-0.05, 0) is 23.6 Å². The van der Waals surface area contributed by atoms with Crippen LogP contribution >= 0.6 is 11.3 Å². The van der Waals surface area contributed by atoms with Crippen LogP contribution in [0.25, 0.3) is 10.7 Å². The van der Waals surface area contributed by atoms with Gasteiger partial charge in [-0.1, -0.05) is 23.4 Å². The molecule has 0 saturated carbocycles. The quantitative estimate of drug-likeness (QED) is 0.714. The van der Waals surface area contributed by atoms with Crippen LogP contribution in [0.1, 0.15) is 5.89 Å². The number of amides is 1. The van der Waals surface area contributed by atoms with E-state index in [2.05, 4.69) is 10.1 Å². The second kappa shape index (κ2) is 6.56. The van der Waals surface area contributed by atoms with Gasteiger partial charge in [-0.2, -0.15) is 4.98 Å². The molecule has 2 aromatic heterocycles. The topological polar surface area (TPSA) is 77.7 Å². The summed E-state index contributed by atoms with van der Waals surface area (Å²) in [6.45, 7) is 0.378. The molecule has 4 rings (SSSR count). The molecule has 1 atom stereocenters. The van der Waals surface area contributed by atoms with Gasteiger partial charge in [0, 0.05) is 7.05 Å². The molecule has 0 fully saturated rings. The van der Waals surface area contributed by atoms with Crippen molar-refractivity contribution < 1.29 is 18.8 Å². The molecule has 7 nitrogen and oxygen atoms in total. The predicted octanol–water partition coefficient (Wildman–Crippen LogP) is 2.60. The van der Waals surface area contributed by atoms with E-state index in [-0.39, 0.29) is 19.1 Å². The minimum atomic E-state index is -0.695. The van der Waals surface area contributed by atoms with Gasteiger partial charge >= 0.3 is 0 Å². The first kappa shape index (κ1) is 15.6. The van der Waals surface area contributed by atoms with E-state index in [9.17, 15) is 4.79 Å². The predicted molar refractivity (Wildman–Crippen MR) is 90.4 cm³/mol. The zero-order valence-corrected chi connectivity index (χ0v) is 14.2. The molecule has 3 aromatic rings. The first-order chi connectivity index (χ1) is 12.2. The number of likely N-dealkylation sites (N-methyl/N-ethyl adjacent to an activating group) is 1. The van der Waals surface area contributed by atoms with Crippen molar-refractivity contribution in [3.8, 4) is 22.2 Å². The van der Waals surface area contributed by atoms with Gasteiger partial charge in [0.1, 0.15) is 6.61 Å². The first-order valence-corrected chi connectivity index (χ1v) is 8.58. The lowest BCUT2D eigenvalue weighted by Gasteiger charge is -2.28. The number of hydrogen-bond donors (Lipinski definition) is 0. The molecular formula is C17H15N3O4S. The molecule has 8 heteroatoms. The van der Waals surface area contributed by atoms with Crippen LogP contribution in [0.4, 0.5) is 0 Å². The Kier molecular flexibility index (Phi) is 4.10. The highest BCUT2D eigenvalue weighted by molar-refractivity contribution is 7.13. The second-order valence-corrected chi connectivity index (χ2v) is 6.50. The van der Waals surface area contributed by atoms with Crippen LogP contribution in [0.5, 0.6) is 11.5 Å². The first-order valence-electron chi connectivity index (χ1n) is 7.70. The highest BCUT2D eigenvalue weighted by Gasteiger charge is 2.30. The Morgan fingerprint density at radius 3 is 2.92 bits per heavy atom. The standard InChI is InChI=1S/C17H15N3O4S/c1-20(9-15-18-16(19-24-15)14-7-4-8-25-14)17(21)13-10-22-11-5-2-3-6-12(11)23-13/h2-8,13H,9-10H2,1H3. The number of carbonyl (C=O) groups is 1. The average molecular weight is 357 g/mol. The minimum absolute atomic E-state index is 0.171. The number of benzene rings is 1. The Morgan fingerprint density at radius 1 is 1.28 bits per heavy atom. The van der Waals surface area contributed by atoms with E-state index in [1.807, 2.05) is 35.7 Å². The van der Waals surface area contributed by atoms with Gasteiger partial charge in [0.2, 0.25) is 17.8 Å². The fraction of sp³-hybridized carbons (Fsp3) is 0.235. The third-order valence-electron chi connectivity index (χ3n) is 3.74. The Hall–Kier alpha value is -2.87. The summed E-state index contributed by atoms with van der Waals surface area (Å²) in [7, 11) is 1.67. The number of rotatable bonds is 4. The molecule has 3 heterocycles. The molecular weight excluding hydrogens is 342 g/mol. The van der Waals surface area contributed by atoms with Crippen molar-refractivity contribution in [2.75, 3.05) is 13.7 Å². The molecule has 0 N–H and O–H groups in total. The molecule has 0 radical (unpaired) electrons. The number of aromatic nitrogens is 2. The highest BCUT2D eigenvalue weighted by atomic mass is 32.1. The van der Waals surface area contributed by atoms with Crippen LogP contribution in [-0.4, -0.2) is 40.7 Å². The van der Waals surface area contributed by atoms with Crippen molar-refractivity contribution in [1.82, 2.24) is 15.0 Å². The van der Waals surface area contributed by atoms with Gasteiger partial charge in [-0.25, -0.2) is 0 Å². The zero-order valence-electron chi connectivity index (χ0n) is 13.4. The van der Waals surface area contributed by atoms with Gasteiger partial charge in [0.25, 0.3) is 5.91 Å². The third kappa shape index (κ3) is 3.20. The molecule has 0 spiro atoms. The number of thiophene rings is 1. The van der Waals surface area contributed by atoms with Crippen molar-refractivity contribution in [1.29, 1.82) is 0 Å².